The van der Waals surface area contributed by atoms with Gasteiger partial charge in [0.1, 0.15) is 17.1 Å². The first kappa shape index (κ1) is 21.0. The van der Waals surface area contributed by atoms with Gasteiger partial charge >= 0.3 is 5.97 Å². The van der Waals surface area contributed by atoms with Gasteiger partial charge in [0.15, 0.2) is 0 Å². The molecule has 0 aliphatic heterocycles. The van der Waals surface area contributed by atoms with Crippen molar-refractivity contribution in [3.63, 3.8) is 0 Å². The summed E-state index contributed by atoms with van der Waals surface area (Å²) in [6.07, 6.45) is 9.13. The monoisotopic (exact) mass is 368 g/mol. The maximum atomic E-state index is 12.6. The van der Waals surface area contributed by atoms with E-state index in [0.29, 0.717) is 23.7 Å². The van der Waals surface area contributed by atoms with E-state index >= 15 is 0 Å². The standard InChI is InChI=1S/C24H32O3/c1-3-5-7-12-18-26-23-19-20(13-9-6-4-2)16-17-22(23)24(25)27-21-14-10-8-11-15-21/h8,10-11,14-17,19H,3-7,9,12-13,18H2,1-2H3. The van der Waals surface area contributed by atoms with E-state index in [9.17, 15) is 4.79 Å². The molecule has 0 spiro atoms. The molecule has 3 nitrogen and oxygen atoms in total. The third-order valence-corrected chi connectivity index (χ3v) is 4.54. The Balaban J connectivity index is 2.08. The molecule has 0 unspecified atom stereocenters. The van der Waals surface area contributed by atoms with Crippen LogP contribution in [0, 0.1) is 0 Å². The molecule has 146 valence electrons. The lowest BCUT2D eigenvalue weighted by molar-refractivity contribution is 0.0730. The fraction of sp³-hybridized carbons (Fsp3) is 0.458. The van der Waals surface area contributed by atoms with Crippen LogP contribution in [0.1, 0.15) is 74.7 Å². The molecule has 2 aromatic rings. The number of carbonyl (C=O) groups excluding carboxylic acids is 1. The van der Waals surface area contributed by atoms with Gasteiger partial charge < -0.3 is 9.47 Å². The van der Waals surface area contributed by atoms with Crippen LogP contribution in [0.25, 0.3) is 0 Å². The first-order valence-electron chi connectivity index (χ1n) is 10.3. The molecule has 0 saturated carbocycles. The fourth-order valence-corrected chi connectivity index (χ4v) is 2.95. The number of aryl methyl sites for hydroxylation is 1. The molecule has 0 aromatic heterocycles. The number of ether oxygens (including phenoxy) is 2. The van der Waals surface area contributed by atoms with Crippen LogP contribution in [0.15, 0.2) is 48.5 Å². The molecule has 0 N–H and O–H groups in total. The van der Waals surface area contributed by atoms with E-state index in [1.807, 2.05) is 36.4 Å². The third-order valence-electron chi connectivity index (χ3n) is 4.54. The Morgan fingerprint density at radius 2 is 1.59 bits per heavy atom. The summed E-state index contributed by atoms with van der Waals surface area (Å²) in [6, 6.07) is 15.0. The predicted octanol–water partition coefficient (Wildman–Crippen LogP) is 6.60. The molecular weight excluding hydrogens is 336 g/mol. The lowest BCUT2D eigenvalue weighted by Gasteiger charge is -2.13. The van der Waals surface area contributed by atoms with Gasteiger partial charge in [0, 0.05) is 0 Å². The first-order chi connectivity index (χ1) is 13.2. The highest BCUT2D eigenvalue weighted by Gasteiger charge is 2.16. The molecule has 2 rings (SSSR count). The van der Waals surface area contributed by atoms with Crippen LogP contribution in [-0.4, -0.2) is 12.6 Å². The summed E-state index contributed by atoms with van der Waals surface area (Å²) in [5, 5.41) is 0. The number of unbranched alkanes of at least 4 members (excludes halogenated alkanes) is 5. The Morgan fingerprint density at radius 1 is 0.852 bits per heavy atom. The normalized spacial score (nSPS) is 10.6. The molecule has 0 amide bonds. The summed E-state index contributed by atoms with van der Waals surface area (Å²) in [5.41, 5.74) is 1.71. The molecule has 0 aliphatic carbocycles. The van der Waals surface area contributed by atoms with Crippen molar-refractivity contribution in [1.29, 1.82) is 0 Å². The van der Waals surface area contributed by atoms with Crippen LogP contribution in [0.4, 0.5) is 0 Å². The zero-order valence-electron chi connectivity index (χ0n) is 16.7. The van der Waals surface area contributed by atoms with Crippen LogP contribution in [0.2, 0.25) is 0 Å². The largest absolute Gasteiger partial charge is 0.493 e. The highest BCUT2D eigenvalue weighted by Crippen LogP contribution is 2.24. The summed E-state index contributed by atoms with van der Waals surface area (Å²) >= 11 is 0. The zero-order chi connectivity index (χ0) is 19.3. The second kappa shape index (κ2) is 12.2. The molecule has 0 bridgehead atoms. The van der Waals surface area contributed by atoms with Crippen molar-refractivity contribution in [2.75, 3.05) is 6.61 Å². The van der Waals surface area contributed by atoms with Gasteiger partial charge in [-0.3, -0.25) is 0 Å². The maximum Gasteiger partial charge on any atom is 0.347 e. The van der Waals surface area contributed by atoms with E-state index < -0.39 is 0 Å². The van der Waals surface area contributed by atoms with E-state index in [1.54, 1.807) is 12.1 Å². The average molecular weight is 369 g/mol. The highest BCUT2D eigenvalue weighted by atomic mass is 16.5. The second-order valence-corrected chi connectivity index (χ2v) is 6.90. The van der Waals surface area contributed by atoms with Gasteiger partial charge in [-0.15, -0.1) is 0 Å². The maximum absolute atomic E-state index is 12.6. The lowest BCUT2D eigenvalue weighted by Crippen LogP contribution is -2.12. The minimum Gasteiger partial charge on any atom is -0.493 e. The fourth-order valence-electron chi connectivity index (χ4n) is 2.95. The van der Waals surface area contributed by atoms with Gasteiger partial charge in [0.25, 0.3) is 0 Å². The van der Waals surface area contributed by atoms with E-state index in [-0.39, 0.29) is 5.97 Å². The third kappa shape index (κ3) is 7.46. The smallest absolute Gasteiger partial charge is 0.347 e. The Labute approximate surface area is 163 Å². The summed E-state index contributed by atoms with van der Waals surface area (Å²) in [5.74, 6) is 0.815. The number of esters is 1. The van der Waals surface area contributed by atoms with Gasteiger partial charge in [-0.05, 0) is 49.1 Å². The molecule has 0 radical (unpaired) electrons. The highest BCUT2D eigenvalue weighted by molar-refractivity contribution is 5.94. The van der Waals surface area contributed by atoms with Crippen molar-refractivity contribution < 1.29 is 14.3 Å². The van der Waals surface area contributed by atoms with Crippen molar-refractivity contribution in [3.8, 4) is 11.5 Å². The minimum absolute atomic E-state index is 0.370. The van der Waals surface area contributed by atoms with Crippen molar-refractivity contribution in [3.05, 3.63) is 59.7 Å². The lowest BCUT2D eigenvalue weighted by atomic mass is 10.0. The van der Waals surface area contributed by atoms with E-state index in [0.717, 1.165) is 25.7 Å². The number of hydrogen-bond donors (Lipinski definition) is 0. The van der Waals surface area contributed by atoms with Crippen LogP contribution < -0.4 is 9.47 Å². The summed E-state index contributed by atoms with van der Waals surface area (Å²) in [4.78, 5) is 12.6. The number of hydrogen-bond acceptors (Lipinski definition) is 3. The molecule has 0 aliphatic rings. The molecule has 3 heteroatoms. The van der Waals surface area contributed by atoms with Crippen LogP contribution in [0.3, 0.4) is 0 Å². The number of rotatable bonds is 12. The van der Waals surface area contributed by atoms with E-state index in [1.165, 1.54) is 31.2 Å². The molecule has 0 fully saturated rings. The van der Waals surface area contributed by atoms with Gasteiger partial charge in [0.2, 0.25) is 0 Å². The Kier molecular flexibility index (Phi) is 9.47. The van der Waals surface area contributed by atoms with Gasteiger partial charge in [-0.25, -0.2) is 4.79 Å². The summed E-state index contributed by atoms with van der Waals surface area (Å²) in [6.45, 7) is 5.02. The number of benzene rings is 2. The molecule has 2 aromatic carbocycles. The zero-order valence-corrected chi connectivity index (χ0v) is 16.7. The minimum atomic E-state index is -0.370. The molecule has 27 heavy (non-hydrogen) atoms. The summed E-state index contributed by atoms with van der Waals surface area (Å²) in [7, 11) is 0. The van der Waals surface area contributed by atoms with Crippen LogP contribution in [-0.2, 0) is 6.42 Å². The molecule has 0 atom stereocenters. The van der Waals surface area contributed by atoms with Crippen molar-refractivity contribution in [2.45, 2.75) is 65.2 Å². The number of carbonyl (C=O) groups is 1. The van der Waals surface area contributed by atoms with Crippen molar-refractivity contribution in [2.24, 2.45) is 0 Å². The van der Waals surface area contributed by atoms with E-state index in [4.69, 9.17) is 9.47 Å². The SMILES string of the molecule is CCCCCCOc1cc(CCCCC)ccc1C(=O)Oc1ccccc1. The van der Waals surface area contributed by atoms with E-state index in [2.05, 4.69) is 13.8 Å². The van der Waals surface area contributed by atoms with Crippen LogP contribution >= 0.6 is 0 Å². The quantitative estimate of drug-likeness (QED) is 0.240. The second-order valence-electron chi connectivity index (χ2n) is 6.90. The van der Waals surface area contributed by atoms with Gasteiger partial charge in [-0.1, -0.05) is 70.2 Å². The first-order valence-corrected chi connectivity index (χ1v) is 10.3. The van der Waals surface area contributed by atoms with Gasteiger partial charge in [0.05, 0.1) is 6.61 Å². The van der Waals surface area contributed by atoms with Gasteiger partial charge in [-0.2, -0.15) is 0 Å². The van der Waals surface area contributed by atoms with Crippen molar-refractivity contribution >= 4 is 5.97 Å². The Morgan fingerprint density at radius 3 is 2.33 bits per heavy atom. The Hall–Kier alpha value is -2.29. The predicted molar refractivity (Wildman–Crippen MR) is 111 cm³/mol. The summed E-state index contributed by atoms with van der Waals surface area (Å²) < 4.78 is 11.5. The number of para-hydroxylation sites is 1. The molecule has 0 heterocycles. The topological polar surface area (TPSA) is 35.5 Å². The molecular formula is C24H32O3. The Bertz CT molecular complexity index is 679. The average Bonchev–Trinajstić information content (AvgIpc) is 2.69. The van der Waals surface area contributed by atoms with Crippen LogP contribution in [0.5, 0.6) is 11.5 Å². The van der Waals surface area contributed by atoms with Crippen molar-refractivity contribution in [1.82, 2.24) is 0 Å². The molecule has 0 saturated heterocycles.